The Bertz CT molecular complexity index is 713. The fourth-order valence-corrected chi connectivity index (χ4v) is 2.43. The summed E-state index contributed by atoms with van der Waals surface area (Å²) in [4.78, 5) is 4.23. The van der Waals surface area contributed by atoms with E-state index in [0.29, 0.717) is 6.04 Å². The minimum Gasteiger partial charge on any atom is -0.379 e. The molecule has 102 valence electrons. The van der Waals surface area contributed by atoms with Crippen molar-refractivity contribution in [1.29, 1.82) is 0 Å². The van der Waals surface area contributed by atoms with Gasteiger partial charge in [0, 0.05) is 17.9 Å². The van der Waals surface area contributed by atoms with E-state index < -0.39 is 0 Å². The van der Waals surface area contributed by atoms with Gasteiger partial charge in [-0.05, 0) is 36.8 Å². The lowest BCUT2D eigenvalue weighted by molar-refractivity contribution is 0.577. The Morgan fingerprint density at radius 2 is 1.90 bits per heavy atom. The normalized spacial score (nSPS) is 11.2. The highest BCUT2D eigenvalue weighted by molar-refractivity contribution is 5.85. The van der Waals surface area contributed by atoms with E-state index in [-0.39, 0.29) is 0 Å². The number of hydrogen-bond acceptors (Lipinski definition) is 2. The third-order valence-corrected chi connectivity index (χ3v) is 3.53. The van der Waals surface area contributed by atoms with Gasteiger partial charge in [0.2, 0.25) is 0 Å². The summed E-state index contributed by atoms with van der Waals surface area (Å²) < 4.78 is 2.19. The van der Waals surface area contributed by atoms with Crippen LogP contribution in [0.25, 0.3) is 10.8 Å². The number of nitrogens with one attached hydrogen (secondary N) is 1. The van der Waals surface area contributed by atoms with Crippen LogP contribution in [0.1, 0.15) is 25.6 Å². The summed E-state index contributed by atoms with van der Waals surface area (Å²) in [6, 6.07) is 15.3. The highest BCUT2D eigenvalue weighted by atomic mass is 15.1. The molecule has 1 N–H and O–H groups in total. The van der Waals surface area contributed by atoms with Crippen LogP contribution in [0.3, 0.4) is 0 Å². The lowest BCUT2D eigenvalue weighted by Crippen LogP contribution is -2.08. The molecular formula is C17H19N3. The fourth-order valence-electron chi connectivity index (χ4n) is 2.43. The maximum Gasteiger partial charge on any atom is 0.0951 e. The van der Waals surface area contributed by atoms with Crippen molar-refractivity contribution in [3.63, 3.8) is 0 Å². The Morgan fingerprint density at radius 1 is 1.10 bits per heavy atom. The lowest BCUT2D eigenvalue weighted by Gasteiger charge is -2.13. The van der Waals surface area contributed by atoms with Crippen LogP contribution in [-0.2, 0) is 6.54 Å². The van der Waals surface area contributed by atoms with Crippen LogP contribution in [0.5, 0.6) is 0 Å². The minimum absolute atomic E-state index is 0.436. The first-order valence-corrected chi connectivity index (χ1v) is 6.97. The molecule has 1 heterocycles. The quantitative estimate of drug-likeness (QED) is 0.765. The number of nitrogens with zero attached hydrogens (tertiary/aromatic N) is 2. The van der Waals surface area contributed by atoms with Gasteiger partial charge in [-0.3, -0.25) is 0 Å². The van der Waals surface area contributed by atoms with Crippen molar-refractivity contribution in [2.24, 2.45) is 0 Å². The van der Waals surface area contributed by atoms with Crippen molar-refractivity contribution < 1.29 is 0 Å². The van der Waals surface area contributed by atoms with Gasteiger partial charge in [-0.1, -0.05) is 30.3 Å². The largest absolute Gasteiger partial charge is 0.379 e. The molecule has 0 unspecified atom stereocenters. The molecule has 0 amide bonds. The molecule has 0 saturated carbocycles. The van der Waals surface area contributed by atoms with Crippen molar-refractivity contribution >= 4 is 16.5 Å². The standard InChI is InChI=1S/C17H19N3/c1-13(2)20-12-18-10-17(20)11-19-16-8-7-14-5-3-4-6-15(14)9-16/h3-10,12-13,19H,11H2,1-2H3. The Morgan fingerprint density at radius 3 is 2.70 bits per heavy atom. The van der Waals surface area contributed by atoms with Gasteiger partial charge in [0.25, 0.3) is 0 Å². The number of fused-ring (bicyclic) bond motifs is 1. The summed E-state index contributed by atoms with van der Waals surface area (Å²) >= 11 is 0. The summed E-state index contributed by atoms with van der Waals surface area (Å²) in [7, 11) is 0. The van der Waals surface area contributed by atoms with Gasteiger partial charge in [0.15, 0.2) is 0 Å². The predicted molar refractivity (Wildman–Crippen MR) is 83.9 cm³/mol. The van der Waals surface area contributed by atoms with E-state index in [1.807, 2.05) is 12.5 Å². The van der Waals surface area contributed by atoms with E-state index in [2.05, 4.69) is 71.2 Å². The van der Waals surface area contributed by atoms with E-state index >= 15 is 0 Å². The van der Waals surface area contributed by atoms with Crippen molar-refractivity contribution in [2.45, 2.75) is 26.4 Å². The zero-order chi connectivity index (χ0) is 13.9. The third kappa shape index (κ3) is 2.52. The van der Waals surface area contributed by atoms with Crippen LogP contribution >= 0.6 is 0 Å². The molecule has 1 aromatic heterocycles. The minimum atomic E-state index is 0.436. The van der Waals surface area contributed by atoms with E-state index in [0.717, 1.165) is 12.2 Å². The van der Waals surface area contributed by atoms with E-state index in [4.69, 9.17) is 0 Å². The van der Waals surface area contributed by atoms with Crippen molar-refractivity contribution in [1.82, 2.24) is 9.55 Å². The van der Waals surface area contributed by atoms with Crippen LogP contribution in [0.2, 0.25) is 0 Å². The number of benzene rings is 2. The Hall–Kier alpha value is -2.29. The summed E-state index contributed by atoms with van der Waals surface area (Å²) in [6.07, 6.45) is 3.82. The molecule has 0 saturated heterocycles. The highest BCUT2D eigenvalue weighted by Gasteiger charge is 2.05. The number of anilines is 1. The molecule has 20 heavy (non-hydrogen) atoms. The van der Waals surface area contributed by atoms with Gasteiger partial charge in [-0.25, -0.2) is 4.98 Å². The predicted octanol–water partition coefficient (Wildman–Crippen LogP) is 4.23. The third-order valence-electron chi connectivity index (χ3n) is 3.53. The zero-order valence-electron chi connectivity index (χ0n) is 11.9. The monoisotopic (exact) mass is 265 g/mol. The van der Waals surface area contributed by atoms with Crippen molar-refractivity contribution in [2.75, 3.05) is 5.32 Å². The van der Waals surface area contributed by atoms with Crippen LogP contribution in [0.4, 0.5) is 5.69 Å². The Labute approximate surface area is 119 Å². The molecule has 0 aliphatic heterocycles. The molecule has 3 nitrogen and oxygen atoms in total. The molecule has 0 atom stereocenters. The molecule has 0 aliphatic rings. The SMILES string of the molecule is CC(C)n1cncc1CNc1ccc2ccccc2c1. The van der Waals surface area contributed by atoms with Crippen LogP contribution in [-0.4, -0.2) is 9.55 Å². The number of imidazole rings is 1. The highest BCUT2D eigenvalue weighted by Crippen LogP contribution is 2.19. The smallest absolute Gasteiger partial charge is 0.0951 e. The van der Waals surface area contributed by atoms with Gasteiger partial charge in [-0.2, -0.15) is 0 Å². The second-order valence-corrected chi connectivity index (χ2v) is 5.30. The van der Waals surface area contributed by atoms with Gasteiger partial charge >= 0.3 is 0 Å². The van der Waals surface area contributed by atoms with Crippen LogP contribution in [0, 0.1) is 0 Å². The van der Waals surface area contributed by atoms with Crippen molar-refractivity contribution in [3.8, 4) is 0 Å². The first kappa shape index (κ1) is 12.7. The van der Waals surface area contributed by atoms with Crippen molar-refractivity contribution in [3.05, 3.63) is 60.7 Å². The maximum absolute atomic E-state index is 4.23. The van der Waals surface area contributed by atoms with Gasteiger partial charge in [-0.15, -0.1) is 0 Å². The van der Waals surface area contributed by atoms with Crippen LogP contribution in [0.15, 0.2) is 55.0 Å². The lowest BCUT2D eigenvalue weighted by atomic mass is 10.1. The molecule has 0 aliphatic carbocycles. The van der Waals surface area contributed by atoms with Gasteiger partial charge in [0.1, 0.15) is 0 Å². The summed E-state index contributed by atoms with van der Waals surface area (Å²) in [5.41, 5.74) is 2.34. The molecular weight excluding hydrogens is 246 g/mol. The van der Waals surface area contributed by atoms with E-state index in [1.54, 1.807) is 0 Å². The summed E-state index contributed by atoms with van der Waals surface area (Å²) in [6.45, 7) is 5.12. The molecule has 0 radical (unpaired) electrons. The molecule has 0 bridgehead atoms. The van der Waals surface area contributed by atoms with E-state index in [1.165, 1.54) is 16.5 Å². The molecule has 3 aromatic rings. The number of aromatic nitrogens is 2. The van der Waals surface area contributed by atoms with Gasteiger partial charge < -0.3 is 9.88 Å². The Balaban J connectivity index is 1.78. The van der Waals surface area contributed by atoms with E-state index in [9.17, 15) is 0 Å². The average molecular weight is 265 g/mol. The van der Waals surface area contributed by atoms with Gasteiger partial charge in [0.05, 0.1) is 18.6 Å². The molecule has 0 spiro atoms. The molecule has 2 aromatic carbocycles. The second kappa shape index (κ2) is 5.37. The number of hydrogen-bond donors (Lipinski definition) is 1. The first-order valence-electron chi connectivity index (χ1n) is 6.97. The number of rotatable bonds is 4. The molecule has 3 heteroatoms. The Kier molecular flexibility index (Phi) is 3.42. The topological polar surface area (TPSA) is 29.9 Å². The maximum atomic E-state index is 4.23. The second-order valence-electron chi connectivity index (χ2n) is 5.30. The summed E-state index contributed by atoms with van der Waals surface area (Å²) in [5.74, 6) is 0. The molecule has 3 rings (SSSR count). The zero-order valence-corrected chi connectivity index (χ0v) is 11.9. The average Bonchev–Trinajstić information content (AvgIpc) is 2.93. The molecule has 0 fully saturated rings. The van der Waals surface area contributed by atoms with Crippen LogP contribution < -0.4 is 5.32 Å². The first-order chi connectivity index (χ1) is 9.74. The summed E-state index contributed by atoms with van der Waals surface area (Å²) in [5, 5.41) is 6.00. The fraction of sp³-hybridized carbons (Fsp3) is 0.235.